The Balaban J connectivity index is 1.67. The van der Waals surface area contributed by atoms with Gasteiger partial charge in [-0.2, -0.15) is 0 Å². The van der Waals surface area contributed by atoms with Crippen molar-refractivity contribution in [2.75, 3.05) is 6.61 Å². The van der Waals surface area contributed by atoms with Crippen LogP contribution >= 0.6 is 0 Å². The van der Waals surface area contributed by atoms with Gasteiger partial charge in [0.05, 0.1) is 12.3 Å². The molecule has 1 N–H and O–H groups in total. The lowest BCUT2D eigenvalue weighted by Crippen LogP contribution is -1.99. The molecule has 3 rings (SSSR count). The third-order valence-electron chi connectivity index (χ3n) is 4.45. The first-order valence-corrected chi connectivity index (χ1v) is 9.35. The predicted molar refractivity (Wildman–Crippen MR) is 106 cm³/mol. The summed E-state index contributed by atoms with van der Waals surface area (Å²) >= 11 is 0. The molecule has 0 atom stereocenters. The van der Waals surface area contributed by atoms with Crippen molar-refractivity contribution in [1.82, 2.24) is 4.98 Å². The zero-order valence-electron chi connectivity index (χ0n) is 15.5. The lowest BCUT2D eigenvalue weighted by molar-refractivity contribution is 0.290. The van der Waals surface area contributed by atoms with Crippen LogP contribution in [0.1, 0.15) is 32.6 Å². The van der Waals surface area contributed by atoms with Gasteiger partial charge in [-0.25, -0.2) is 4.39 Å². The molecule has 0 saturated carbocycles. The zero-order chi connectivity index (χ0) is 19.1. The van der Waals surface area contributed by atoms with E-state index in [1.165, 1.54) is 18.9 Å². The highest BCUT2D eigenvalue weighted by Gasteiger charge is 2.08. The van der Waals surface area contributed by atoms with E-state index < -0.39 is 0 Å². The Morgan fingerprint density at radius 1 is 0.889 bits per heavy atom. The van der Waals surface area contributed by atoms with Crippen LogP contribution in [-0.4, -0.2) is 16.7 Å². The molecule has 0 spiro atoms. The Labute approximate surface area is 159 Å². The fourth-order valence-corrected chi connectivity index (χ4v) is 2.88. The number of pyridine rings is 1. The molecule has 0 fully saturated rings. The third kappa shape index (κ3) is 5.07. The summed E-state index contributed by atoms with van der Waals surface area (Å²) < 4.78 is 19.9. The lowest BCUT2D eigenvalue weighted by Gasteiger charge is -2.09. The van der Waals surface area contributed by atoms with Crippen molar-refractivity contribution in [3.05, 3.63) is 66.6 Å². The summed E-state index contributed by atoms with van der Waals surface area (Å²) in [6.45, 7) is 2.69. The molecule has 0 amide bonds. The highest BCUT2D eigenvalue weighted by molar-refractivity contribution is 5.67. The number of ether oxygens (including phenoxy) is 1. The Hall–Kier alpha value is -2.88. The Bertz CT molecular complexity index is 861. The fraction of sp³-hybridized carbons (Fsp3) is 0.261. The number of halogens is 1. The highest BCUT2D eigenvalue weighted by Crippen LogP contribution is 2.27. The topological polar surface area (TPSA) is 42.4 Å². The van der Waals surface area contributed by atoms with Crippen molar-refractivity contribution in [3.8, 4) is 33.9 Å². The van der Waals surface area contributed by atoms with E-state index in [0.717, 1.165) is 24.0 Å². The lowest BCUT2D eigenvalue weighted by atomic mass is 10.1. The van der Waals surface area contributed by atoms with Crippen LogP contribution in [0.3, 0.4) is 0 Å². The number of aromatic hydroxyl groups is 1. The van der Waals surface area contributed by atoms with E-state index in [4.69, 9.17) is 4.74 Å². The molecule has 140 valence electrons. The second-order valence-electron chi connectivity index (χ2n) is 6.53. The van der Waals surface area contributed by atoms with E-state index >= 15 is 0 Å². The summed E-state index contributed by atoms with van der Waals surface area (Å²) in [5, 5.41) is 9.38. The van der Waals surface area contributed by atoms with Crippen LogP contribution in [0.4, 0.5) is 4.39 Å². The van der Waals surface area contributed by atoms with Crippen molar-refractivity contribution < 1.29 is 14.2 Å². The third-order valence-corrected chi connectivity index (χ3v) is 4.45. The molecule has 0 aliphatic heterocycles. The quantitative estimate of drug-likeness (QED) is 0.482. The average molecular weight is 365 g/mol. The first-order valence-electron chi connectivity index (χ1n) is 9.35. The monoisotopic (exact) mass is 365 g/mol. The minimum absolute atomic E-state index is 0.228. The molecule has 4 heteroatoms. The first-order chi connectivity index (χ1) is 13.2. The maximum Gasteiger partial charge on any atom is 0.165 e. The number of aromatic nitrogens is 1. The fourth-order valence-electron chi connectivity index (χ4n) is 2.88. The van der Waals surface area contributed by atoms with Crippen LogP contribution < -0.4 is 4.74 Å². The smallest absolute Gasteiger partial charge is 0.165 e. The van der Waals surface area contributed by atoms with Crippen LogP contribution in [0.25, 0.3) is 22.4 Å². The molecule has 0 aliphatic carbocycles. The molecule has 3 aromatic rings. The van der Waals surface area contributed by atoms with Gasteiger partial charge in [0, 0.05) is 17.3 Å². The van der Waals surface area contributed by atoms with Crippen molar-refractivity contribution in [2.24, 2.45) is 0 Å². The molecule has 0 bridgehead atoms. The van der Waals surface area contributed by atoms with Gasteiger partial charge in [0.1, 0.15) is 5.75 Å². The van der Waals surface area contributed by atoms with E-state index in [1.807, 2.05) is 30.3 Å². The summed E-state index contributed by atoms with van der Waals surface area (Å²) in [6, 6.07) is 15.7. The normalized spacial score (nSPS) is 10.7. The maximum absolute atomic E-state index is 14.3. The number of rotatable bonds is 8. The molecule has 27 heavy (non-hydrogen) atoms. The maximum atomic E-state index is 14.3. The number of nitrogens with zero attached hydrogens (tertiary/aromatic N) is 1. The second-order valence-corrected chi connectivity index (χ2v) is 6.53. The number of benzene rings is 2. The SMILES string of the molecule is CCCCCCOc1ccc(-c2ccc(-c3ccc(O)cc3)cn2)cc1F. The van der Waals surface area contributed by atoms with Gasteiger partial charge in [-0.1, -0.05) is 44.4 Å². The van der Waals surface area contributed by atoms with Crippen LogP contribution in [0.2, 0.25) is 0 Å². The van der Waals surface area contributed by atoms with Gasteiger partial charge in [-0.3, -0.25) is 4.98 Å². The van der Waals surface area contributed by atoms with Gasteiger partial charge in [0.25, 0.3) is 0 Å². The van der Waals surface area contributed by atoms with Crippen molar-refractivity contribution >= 4 is 0 Å². The standard InChI is InChI=1S/C23H24FNO2/c1-2-3-4-5-14-27-23-13-9-18(15-21(23)24)22-12-8-19(16-25-22)17-6-10-20(26)11-7-17/h6-13,15-16,26H,2-5,14H2,1H3. The van der Waals surface area contributed by atoms with E-state index in [2.05, 4.69) is 11.9 Å². The minimum Gasteiger partial charge on any atom is -0.508 e. The van der Waals surface area contributed by atoms with Gasteiger partial charge >= 0.3 is 0 Å². The molecule has 3 nitrogen and oxygen atoms in total. The molecular weight excluding hydrogens is 341 g/mol. The van der Waals surface area contributed by atoms with E-state index in [9.17, 15) is 9.50 Å². The van der Waals surface area contributed by atoms with Crippen LogP contribution in [0, 0.1) is 5.82 Å². The highest BCUT2D eigenvalue weighted by atomic mass is 19.1. The average Bonchev–Trinajstić information content (AvgIpc) is 2.69. The summed E-state index contributed by atoms with van der Waals surface area (Å²) in [5.41, 5.74) is 3.31. The summed E-state index contributed by atoms with van der Waals surface area (Å²) in [5.74, 6) is 0.148. The molecule has 0 unspecified atom stereocenters. The molecule has 2 aromatic carbocycles. The number of phenolic OH excluding ortho intramolecular Hbond substituents is 1. The first kappa shape index (κ1) is 18.9. The largest absolute Gasteiger partial charge is 0.508 e. The Morgan fingerprint density at radius 2 is 1.63 bits per heavy atom. The second kappa shape index (κ2) is 9.17. The number of phenols is 1. The van der Waals surface area contributed by atoms with Crippen LogP contribution in [-0.2, 0) is 0 Å². The predicted octanol–water partition coefficient (Wildman–Crippen LogP) is 6.22. The molecule has 0 saturated heterocycles. The number of unbranched alkanes of at least 4 members (excludes halogenated alkanes) is 3. The zero-order valence-corrected chi connectivity index (χ0v) is 15.5. The van der Waals surface area contributed by atoms with Crippen LogP contribution in [0.15, 0.2) is 60.8 Å². The van der Waals surface area contributed by atoms with E-state index in [0.29, 0.717) is 17.9 Å². The van der Waals surface area contributed by atoms with Crippen molar-refractivity contribution in [3.63, 3.8) is 0 Å². The summed E-state index contributed by atoms with van der Waals surface area (Å²) in [4.78, 5) is 4.44. The van der Waals surface area contributed by atoms with Gasteiger partial charge in [-0.15, -0.1) is 0 Å². The molecule has 0 aliphatic rings. The van der Waals surface area contributed by atoms with E-state index in [-0.39, 0.29) is 17.3 Å². The molecular formula is C23H24FNO2. The molecule has 0 radical (unpaired) electrons. The molecule has 1 aromatic heterocycles. The van der Waals surface area contributed by atoms with Gasteiger partial charge in [0.2, 0.25) is 0 Å². The minimum atomic E-state index is -0.368. The summed E-state index contributed by atoms with van der Waals surface area (Å²) in [7, 11) is 0. The van der Waals surface area contributed by atoms with Crippen LogP contribution in [0.5, 0.6) is 11.5 Å². The Kier molecular flexibility index (Phi) is 6.42. The van der Waals surface area contributed by atoms with Gasteiger partial charge in [0.15, 0.2) is 11.6 Å². The number of hydrogen-bond donors (Lipinski definition) is 1. The van der Waals surface area contributed by atoms with Gasteiger partial charge in [-0.05, 0) is 48.4 Å². The van der Waals surface area contributed by atoms with E-state index in [1.54, 1.807) is 24.4 Å². The van der Waals surface area contributed by atoms with Crippen molar-refractivity contribution in [2.45, 2.75) is 32.6 Å². The van der Waals surface area contributed by atoms with Gasteiger partial charge < -0.3 is 9.84 Å². The number of hydrogen-bond acceptors (Lipinski definition) is 3. The summed E-state index contributed by atoms with van der Waals surface area (Å²) in [6.07, 6.45) is 6.14. The van der Waals surface area contributed by atoms with Crippen molar-refractivity contribution in [1.29, 1.82) is 0 Å². The molecule has 1 heterocycles. The Morgan fingerprint density at radius 3 is 2.30 bits per heavy atom.